The second-order valence-corrected chi connectivity index (χ2v) is 7.71. The Morgan fingerprint density at radius 3 is 2.62 bits per heavy atom. The van der Waals surface area contributed by atoms with Crippen molar-refractivity contribution >= 4 is 22.9 Å². The van der Waals surface area contributed by atoms with Gasteiger partial charge in [-0.1, -0.05) is 37.3 Å². The number of carbonyl (C=O) groups is 2. The van der Waals surface area contributed by atoms with E-state index in [1.54, 1.807) is 6.26 Å². The number of furan rings is 1. The Balaban J connectivity index is 1.65. The standard InChI is InChI=1S/C23H27N3O3/c1-4-21(27)25-12-11-24(15-16(25)2)22(28)20-14-19-10-13-29-23(19)26(20)17(3)18-8-6-5-7-9-18/h5-10,13-14,16-17H,4,11-12,15H2,1-3H3/t16-,17+/m0/s1. The number of rotatable bonds is 4. The Morgan fingerprint density at radius 1 is 1.17 bits per heavy atom. The maximum Gasteiger partial charge on any atom is 0.270 e. The molecule has 4 rings (SSSR count). The summed E-state index contributed by atoms with van der Waals surface area (Å²) in [6.07, 6.45) is 2.15. The van der Waals surface area contributed by atoms with Gasteiger partial charge < -0.3 is 14.2 Å². The van der Waals surface area contributed by atoms with Crippen molar-refractivity contribution in [1.29, 1.82) is 0 Å². The molecule has 2 amide bonds. The lowest BCUT2D eigenvalue weighted by Crippen LogP contribution is -2.55. The van der Waals surface area contributed by atoms with E-state index in [0.29, 0.717) is 37.5 Å². The predicted octanol–water partition coefficient (Wildman–Crippen LogP) is 3.93. The average Bonchev–Trinajstić information content (AvgIpc) is 3.34. The summed E-state index contributed by atoms with van der Waals surface area (Å²) in [7, 11) is 0. The molecular formula is C23H27N3O3. The topological polar surface area (TPSA) is 58.7 Å². The Hall–Kier alpha value is -3.02. The molecule has 3 heterocycles. The van der Waals surface area contributed by atoms with E-state index in [4.69, 9.17) is 4.42 Å². The minimum absolute atomic E-state index is 0.0121. The van der Waals surface area contributed by atoms with Gasteiger partial charge in [-0.3, -0.25) is 14.2 Å². The number of piperazine rings is 1. The van der Waals surface area contributed by atoms with Crippen molar-refractivity contribution in [3.63, 3.8) is 0 Å². The molecule has 3 aromatic rings. The number of hydrogen-bond acceptors (Lipinski definition) is 3. The van der Waals surface area contributed by atoms with Crippen LogP contribution in [0.15, 0.2) is 53.1 Å². The summed E-state index contributed by atoms with van der Waals surface area (Å²) in [6, 6.07) is 13.9. The monoisotopic (exact) mass is 393 g/mol. The Kier molecular flexibility index (Phi) is 5.18. The quantitative estimate of drug-likeness (QED) is 0.675. The maximum absolute atomic E-state index is 13.5. The molecule has 2 atom stereocenters. The van der Waals surface area contributed by atoms with Crippen LogP contribution in [0, 0.1) is 0 Å². The van der Waals surface area contributed by atoms with Crippen LogP contribution in [0.5, 0.6) is 0 Å². The lowest BCUT2D eigenvalue weighted by Gasteiger charge is -2.40. The molecule has 1 saturated heterocycles. The maximum atomic E-state index is 13.5. The highest BCUT2D eigenvalue weighted by Gasteiger charge is 2.32. The van der Waals surface area contributed by atoms with Crippen LogP contribution in [0.4, 0.5) is 0 Å². The first-order chi connectivity index (χ1) is 14.0. The largest absolute Gasteiger partial charge is 0.448 e. The summed E-state index contributed by atoms with van der Waals surface area (Å²) in [4.78, 5) is 29.3. The molecule has 0 radical (unpaired) electrons. The van der Waals surface area contributed by atoms with Crippen LogP contribution in [0.2, 0.25) is 0 Å². The van der Waals surface area contributed by atoms with Crippen LogP contribution in [-0.4, -0.2) is 51.9 Å². The van der Waals surface area contributed by atoms with E-state index >= 15 is 0 Å². The van der Waals surface area contributed by atoms with Gasteiger partial charge in [0, 0.05) is 37.5 Å². The van der Waals surface area contributed by atoms with Crippen LogP contribution >= 0.6 is 0 Å². The Morgan fingerprint density at radius 2 is 1.93 bits per heavy atom. The highest BCUT2D eigenvalue weighted by Crippen LogP contribution is 2.30. The molecule has 1 aliphatic rings. The minimum Gasteiger partial charge on any atom is -0.448 e. The van der Waals surface area contributed by atoms with Gasteiger partial charge in [-0.25, -0.2) is 0 Å². The molecular weight excluding hydrogens is 366 g/mol. The number of benzene rings is 1. The molecule has 0 aliphatic carbocycles. The molecule has 1 aromatic carbocycles. The second-order valence-electron chi connectivity index (χ2n) is 7.71. The Labute approximate surface area is 170 Å². The lowest BCUT2D eigenvalue weighted by molar-refractivity contribution is -0.134. The van der Waals surface area contributed by atoms with Gasteiger partial charge in [0.05, 0.1) is 12.3 Å². The first kappa shape index (κ1) is 19.3. The smallest absolute Gasteiger partial charge is 0.270 e. The third-order valence-electron chi connectivity index (χ3n) is 5.87. The zero-order valence-corrected chi connectivity index (χ0v) is 17.2. The van der Waals surface area contributed by atoms with Crippen molar-refractivity contribution in [2.24, 2.45) is 0 Å². The molecule has 0 saturated carbocycles. The van der Waals surface area contributed by atoms with Crippen molar-refractivity contribution in [2.75, 3.05) is 19.6 Å². The SMILES string of the molecule is CCC(=O)N1CCN(C(=O)c2cc3ccoc3n2[C@H](C)c2ccccc2)C[C@@H]1C. The van der Waals surface area contributed by atoms with Gasteiger partial charge in [-0.05, 0) is 31.5 Å². The molecule has 0 unspecified atom stereocenters. The number of carbonyl (C=O) groups excluding carboxylic acids is 2. The molecule has 152 valence electrons. The summed E-state index contributed by atoms with van der Waals surface area (Å²) in [5.74, 6) is 0.123. The van der Waals surface area contributed by atoms with E-state index in [2.05, 4.69) is 19.1 Å². The summed E-state index contributed by atoms with van der Waals surface area (Å²) in [5.41, 5.74) is 2.44. The van der Waals surface area contributed by atoms with E-state index in [1.165, 1.54) is 0 Å². The molecule has 6 nitrogen and oxygen atoms in total. The molecule has 0 spiro atoms. The average molecular weight is 393 g/mol. The van der Waals surface area contributed by atoms with Crippen molar-refractivity contribution < 1.29 is 14.0 Å². The van der Waals surface area contributed by atoms with E-state index in [9.17, 15) is 9.59 Å². The van der Waals surface area contributed by atoms with Crippen LogP contribution in [0.1, 0.15) is 49.3 Å². The number of fused-ring (bicyclic) bond motifs is 1. The van der Waals surface area contributed by atoms with Crippen LogP contribution < -0.4 is 0 Å². The van der Waals surface area contributed by atoms with E-state index in [1.807, 2.05) is 58.5 Å². The van der Waals surface area contributed by atoms with Gasteiger partial charge in [0.2, 0.25) is 11.6 Å². The van der Waals surface area contributed by atoms with E-state index in [-0.39, 0.29) is 23.9 Å². The molecule has 0 bridgehead atoms. The predicted molar refractivity (Wildman–Crippen MR) is 112 cm³/mol. The minimum atomic E-state index is -0.0424. The summed E-state index contributed by atoms with van der Waals surface area (Å²) in [5, 5.41) is 0.920. The zero-order valence-electron chi connectivity index (χ0n) is 17.2. The second kappa shape index (κ2) is 7.78. The Bertz CT molecular complexity index is 1020. The number of amides is 2. The van der Waals surface area contributed by atoms with Gasteiger partial charge in [0.25, 0.3) is 5.91 Å². The summed E-state index contributed by atoms with van der Waals surface area (Å²) < 4.78 is 7.72. The number of aromatic nitrogens is 1. The first-order valence-electron chi connectivity index (χ1n) is 10.2. The van der Waals surface area contributed by atoms with Gasteiger partial charge in [0.1, 0.15) is 5.69 Å². The highest BCUT2D eigenvalue weighted by molar-refractivity contribution is 5.98. The fourth-order valence-electron chi connectivity index (χ4n) is 4.25. The van der Waals surface area contributed by atoms with Crippen molar-refractivity contribution in [2.45, 2.75) is 39.3 Å². The third kappa shape index (κ3) is 3.43. The van der Waals surface area contributed by atoms with Crippen LogP contribution in [0.3, 0.4) is 0 Å². The third-order valence-corrected chi connectivity index (χ3v) is 5.87. The van der Waals surface area contributed by atoms with E-state index < -0.39 is 0 Å². The molecule has 0 N–H and O–H groups in total. The van der Waals surface area contributed by atoms with Crippen molar-refractivity contribution in [3.05, 3.63) is 60.0 Å². The van der Waals surface area contributed by atoms with Crippen LogP contribution in [-0.2, 0) is 4.79 Å². The fraction of sp³-hybridized carbons (Fsp3) is 0.391. The molecule has 29 heavy (non-hydrogen) atoms. The molecule has 1 fully saturated rings. The van der Waals surface area contributed by atoms with Gasteiger partial charge in [0.15, 0.2) is 0 Å². The molecule has 2 aromatic heterocycles. The lowest BCUT2D eigenvalue weighted by atomic mass is 10.1. The van der Waals surface area contributed by atoms with Gasteiger partial charge in [-0.2, -0.15) is 0 Å². The fourth-order valence-corrected chi connectivity index (χ4v) is 4.25. The van der Waals surface area contributed by atoms with Gasteiger partial charge >= 0.3 is 0 Å². The van der Waals surface area contributed by atoms with Gasteiger partial charge in [-0.15, -0.1) is 0 Å². The van der Waals surface area contributed by atoms with Crippen molar-refractivity contribution in [3.8, 4) is 0 Å². The van der Waals surface area contributed by atoms with E-state index in [0.717, 1.165) is 10.9 Å². The first-order valence-corrected chi connectivity index (χ1v) is 10.2. The molecule has 6 heteroatoms. The number of nitrogens with zero attached hydrogens (tertiary/aromatic N) is 3. The summed E-state index contributed by atoms with van der Waals surface area (Å²) >= 11 is 0. The summed E-state index contributed by atoms with van der Waals surface area (Å²) in [6.45, 7) is 7.61. The normalized spacial score (nSPS) is 18.2. The highest BCUT2D eigenvalue weighted by atomic mass is 16.3. The van der Waals surface area contributed by atoms with Crippen LogP contribution in [0.25, 0.3) is 11.1 Å². The molecule has 1 aliphatic heterocycles. The van der Waals surface area contributed by atoms with Crippen molar-refractivity contribution in [1.82, 2.24) is 14.4 Å². The number of hydrogen-bond donors (Lipinski definition) is 0. The zero-order chi connectivity index (χ0) is 20.5.